The second-order valence-electron chi connectivity index (χ2n) is 3.49. The van der Waals surface area contributed by atoms with Gasteiger partial charge >= 0.3 is 0 Å². The van der Waals surface area contributed by atoms with Gasteiger partial charge in [-0.15, -0.1) is 0 Å². The molecule has 0 bridgehead atoms. The highest BCUT2D eigenvalue weighted by Gasteiger charge is 2.03. The lowest BCUT2D eigenvalue weighted by atomic mass is 10.2. The van der Waals surface area contributed by atoms with Gasteiger partial charge in [-0.3, -0.25) is 0 Å². The van der Waals surface area contributed by atoms with Crippen molar-refractivity contribution < 1.29 is 13.5 Å². The van der Waals surface area contributed by atoms with Crippen LogP contribution in [0, 0.1) is 11.6 Å². The van der Waals surface area contributed by atoms with Gasteiger partial charge in [0.25, 0.3) is 0 Å². The Morgan fingerprint density at radius 1 is 0.941 bits per heavy atom. The topological polar surface area (TPSA) is 21.3 Å². The van der Waals surface area contributed by atoms with Crippen LogP contribution in [0.25, 0.3) is 0 Å². The average Bonchev–Trinajstić information content (AvgIpc) is 2.34. The van der Waals surface area contributed by atoms with E-state index in [0.717, 1.165) is 17.8 Å². The number of anilines is 2. The second kappa shape index (κ2) is 4.82. The molecule has 0 radical (unpaired) electrons. The largest absolute Gasteiger partial charge is 0.497 e. The van der Waals surface area contributed by atoms with E-state index in [9.17, 15) is 8.78 Å². The Morgan fingerprint density at radius 3 is 2.41 bits per heavy atom. The molecule has 0 aliphatic heterocycles. The smallest absolute Gasteiger partial charge is 0.160 e. The van der Waals surface area contributed by atoms with Crippen molar-refractivity contribution in [3.63, 3.8) is 0 Å². The molecular formula is C13H11F2NO. The van der Waals surface area contributed by atoms with Crippen LogP contribution >= 0.6 is 0 Å². The van der Waals surface area contributed by atoms with Crippen molar-refractivity contribution in [2.45, 2.75) is 0 Å². The Labute approximate surface area is 97.8 Å². The fourth-order valence-corrected chi connectivity index (χ4v) is 1.44. The zero-order valence-electron chi connectivity index (χ0n) is 9.21. The molecule has 88 valence electrons. The zero-order chi connectivity index (χ0) is 12.3. The van der Waals surface area contributed by atoms with E-state index in [-0.39, 0.29) is 0 Å². The third-order valence-corrected chi connectivity index (χ3v) is 2.28. The van der Waals surface area contributed by atoms with E-state index in [0.29, 0.717) is 11.4 Å². The third-order valence-electron chi connectivity index (χ3n) is 2.28. The highest BCUT2D eigenvalue weighted by atomic mass is 19.2. The SMILES string of the molecule is COc1cccc(Nc2ccc(F)c(F)c2)c1. The predicted octanol–water partition coefficient (Wildman–Crippen LogP) is 3.72. The normalized spacial score (nSPS) is 10.1. The fourth-order valence-electron chi connectivity index (χ4n) is 1.44. The van der Waals surface area contributed by atoms with Crippen LogP contribution in [0.4, 0.5) is 20.2 Å². The highest BCUT2D eigenvalue weighted by molar-refractivity contribution is 5.61. The minimum atomic E-state index is -0.877. The first-order chi connectivity index (χ1) is 8.19. The van der Waals surface area contributed by atoms with Crippen molar-refractivity contribution >= 4 is 11.4 Å². The van der Waals surface area contributed by atoms with Crippen LogP contribution in [-0.2, 0) is 0 Å². The first kappa shape index (κ1) is 11.4. The summed E-state index contributed by atoms with van der Waals surface area (Å²) in [6.45, 7) is 0. The summed E-state index contributed by atoms with van der Waals surface area (Å²) in [6, 6.07) is 10.8. The summed E-state index contributed by atoms with van der Waals surface area (Å²) in [7, 11) is 1.57. The van der Waals surface area contributed by atoms with Crippen molar-refractivity contribution in [3.8, 4) is 5.75 Å². The maximum absolute atomic E-state index is 13.0. The van der Waals surface area contributed by atoms with Crippen LogP contribution in [0.3, 0.4) is 0 Å². The van der Waals surface area contributed by atoms with Gasteiger partial charge in [-0.1, -0.05) is 6.07 Å². The number of nitrogens with one attached hydrogen (secondary N) is 1. The molecule has 0 aromatic heterocycles. The Morgan fingerprint density at radius 2 is 1.71 bits per heavy atom. The molecule has 2 aromatic rings. The van der Waals surface area contributed by atoms with Crippen LogP contribution in [0.15, 0.2) is 42.5 Å². The summed E-state index contributed by atoms with van der Waals surface area (Å²) in [5.41, 5.74) is 1.23. The number of hydrogen-bond acceptors (Lipinski definition) is 2. The van der Waals surface area contributed by atoms with Gasteiger partial charge in [0, 0.05) is 23.5 Å². The van der Waals surface area contributed by atoms with E-state index in [4.69, 9.17) is 4.74 Å². The van der Waals surface area contributed by atoms with Crippen LogP contribution in [0.2, 0.25) is 0 Å². The van der Waals surface area contributed by atoms with Gasteiger partial charge in [-0.25, -0.2) is 8.78 Å². The van der Waals surface area contributed by atoms with Crippen LogP contribution < -0.4 is 10.1 Å². The summed E-state index contributed by atoms with van der Waals surface area (Å²) in [6.07, 6.45) is 0. The first-order valence-corrected chi connectivity index (χ1v) is 5.05. The Bertz CT molecular complexity index is 529. The number of ether oxygens (including phenoxy) is 1. The highest BCUT2D eigenvalue weighted by Crippen LogP contribution is 2.22. The molecule has 1 N–H and O–H groups in total. The summed E-state index contributed by atoms with van der Waals surface area (Å²) in [5, 5.41) is 2.96. The molecule has 0 fully saturated rings. The fraction of sp³-hybridized carbons (Fsp3) is 0.0769. The molecule has 0 unspecified atom stereocenters. The molecule has 0 saturated heterocycles. The molecule has 0 spiro atoms. The number of methoxy groups -OCH3 is 1. The van der Waals surface area contributed by atoms with E-state index in [1.807, 2.05) is 6.07 Å². The first-order valence-electron chi connectivity index (χ1n) is 5.05. The van der Waals surface area contributed by atoms with Crippen LogP contribution in [0.1, 0.15) is 0 Å². The van der Waals surface area contributed by atoms with Crippen LogP contribution in [-0.4, -0.2) is 7.11 Å². The van der Waals surface area contributed by atoms with E-state index in [2.05, 4.69) is 5.32 Å². The summed E-state index contributed by atoms with van der Waals surface area (Å²) in [5.74, 6) is -1.04. The van der Waals surface area contributed by atoms with Gasteiger partial charge in [0.2, 0.25) is 0 Å². The van der Waals surface area contributed by atoms with Gasteiger partial charge in [0.1, 0.15) is 5.75 Å². The van der Waals surface area contributed by atoms with Gasteiger partial charge in [-0.05, 0) is 24.3 Å². The van der Waals surface area contributed by atoms with E-state index in [1.165, 1.54) is 6.07 Å². The molecule has 0 amide bonds. The van der Waals surface area contributed by atoms with Crippen LogP contribution in [0.5, 0.6) is 5.75 Å². The molecule has 0 atom stereocenters. The number of benzene rings is 2. The molecule has 17 heavy (non-hydrogen) atoms. The summed E-state index contributed by atoms with van der Waals surface area (Å²) >= 11 is 0. The molecule has 4 heteroatoms. The van der Waals surface area contributed by atoms with Gasteiger partial charge < -0.3 is 10.1 Å². The minimum absolute atomic E-state index is 0.483. The van der Waals surface area contributed by atoms with E-state index < -0.39 is 11.6 Å². The lowest BCUT2D eigenvalue weighted by Gasteiger charge is -2.08. The maximum atomic E-state index is 13.0. The zero-order valence-corrected chi connectivity index (χ0v) is 9.21. The molecule has 2 nitrogen and oxygen atoms in total. The Hall–Kier alpha value is -2.10. The predicted molar refractivity (Wildman–Crippen MR) is 62.6 cm³/mol. The van der Waals surface area contributed by atoms with Crippen molar-refractivity contribution in [2.75, 3.05) is 12.4 Å². The van der Waals surface area contributed by atoms with Crippen molar-refractivity contribution in [2.24, 2.45) is 0 Å². The van der Waals surface area contributed by atoms with E-state index >= 15 is 0 Å². The van der Waals surface area contributed by atoms with Crippen molar-refractivity contribution in [1.82, 2.24) is 0 Å². The average molecular weight is 235 g/mol. The Kier molecular flexibility index (Phi) is 3.23. The molecule has 0 aliphatic carbocycles. The lowest BCUT2D eigenvalue weighted by molar-refractivity contribution is 0.415. The molecular weight excluding hydrogens is 224 g/mol. The maximum Gasteiger partial charge on any atom is 0.160 e. The van der Waals surface area contributed by atoms with Gasteiger partial charge in [0.05, 0.1) is 7.11 Å². The van der Waals surface area contributed by atoms with Crippen molar-refractivity contribution in [1.29, 1.82) is 0 Å². The third kappa shape index (κ3) is 2.72. The second-order valence-corrected chi connectivity index (χ2v) is 3.49. The molecule has 0 heterocycles. The van der Waals surface area contributed by atoms with Gasteiger partial charge in [0.15, 0.2) is 11.6 Å². The standard InChI is InChI=1S/C13H11F2NO/c1-17-11-4-2-3-9(7-11)16-10-5-6-12(14)13(15)8-10/h2-8,16H,1H3. The molecule has 0 aliphatic rings. The monoisotopic (exact) mass is 235 g/mol. The van der Waals surface area contributed by atoms with E-state index in [1.54, 1.807) is 25.3 Å². The number of hydrogen-bond donors (Lipinski definition) is 1. The number of halogens is 2. The molecule has 0 saturated carbocycles. The summed E-state index contributed by atoms with van der Waals surface area (Å²) in [4.78, 5) is 0. The Balaban J connectivity index is 2.22. The molecule has 2 rings (SSSR count). The summed E-state index contributed by atoms with van der Waals surface area (Å²) < 4.78 is 30.8. The molecule has 2 aromatic carbocycles. The number of rotatable bonds is 3. The van der Waals surface area contributed by atoms with Gasteiger partial charge in [-0.2, -0.15) is 0 Å². The lowest BCUT2D eigenvalue weighted by Crippen LogP contribution is -1.93. The quantitative estimate of drug-likeness (QED) is 0.875. The van der Waals surface area contributed by atoms with Crippen molar-refractivity contribution in [3.05, 3.63) is 54.1 Å². The minimum Gasteiger partial charge on any atom is -0.497 e.